The Morgan fingerprint density at radius 2 is 2.02 bits per heavy atom. The second-order valence-corrected chi connectivity index (χ2v) is 10.2. The molecule has 3 aromatic rings. The predicted octanol–water partition coefficient (Wildman–Crippen LogP) is 2.90. The standard InChI is InChI=1S/C30H33N5O5/c1-20-6-7-22-15-27(20)40-24-5-3-4-21(14-24)19-39-26-10-13-35(29(37)9-8-23-16-31-11-12-32-23)17-25(26)33-28(36)18-34(2)30(22)38/h3-7,11-12,14-16,25-26H,8-10,13,17-19H2,1-2H3,(H,33,36)/t25-,26+/m0/s1. The second-order valence-electron chi connectivity index (χ2n) is 10.2. The van der Waals surface area contributed by atoms with E-state index >= 15 is 0 Å². The Balaban J connectivity index is 1.34. The molecule has 40 heavy (non-hydrogen) atoms. The van der Waals surface area contributed by atoms with Crippen molar-refractivity contribution >= 4 is 17.7 Å². The third-order valence-corrected chi connectivity index (χ3v) is 7.21. The van der Waals surface area contributed by atoms with Crippen molar-refractivity contribution in [2.24, 2.45) is 0 Å². The molecule has 10 heteroatoms. The van der Waals surface area contributed by atoms with Gasteiger partial charge in [0.15, 0.2) is 0 Å². The topological polar surface area (TPSA) is 114 Å². The van der Waals surface area contributed by atoms with E-state index in [-0.39, 0.29) is 30.4 Å². The van der Waals surface area contributed by atoms with Gasteiger partial charge in [0, 0.05) is 50.7 Å². The van der Waals surface area contributed by atoms with Crippen LogP contribution in [0.5, 0.6) is 11.5 Å². The molecular formula is C30H33N5O5. The first kappa shape index (κ1) is 27.3. The number of carbonyl (C=O) groups excluding carboxylic acids is 3. The van der Waals surface area contributed by atoms with Crippen LogP contribution in [0.2, 0.25) is 0 Å². The van der Waals surface area contributed by atoms with Crippen LogP contribution in [0, 0.1) is 6.92 Å². The maximum atomic E-state index is 13.2. The number of carbonyl (C=O) groups is 3. The number of nitrogens with one attached hydrogen (secondary N) is 1. The Labute approximate surface area is 233 Å². The van der Waals surface area contributed by atoms with Crippen LogP contribution in [0.15, 0.2) is 61.1 Å². The van der Waals surface area contributed by atoms with Crippen LogP contribution in [0.25, 0.3) is 0 Å². The van der Waals surface area contributed by atoms with Gasteiger partial charge in [0.05, 0.1) is 31.0 Å². The first-order valence-corrected chi connectivity index (χ1v) is 13.4. The molecule has 10 nitrogen and oxygen atoms in total. The summed E-state index contributed by atoms with van der Waals surface area (Å²) in [6.07, 6.45) is 5.92. The van der Waals surface area contributed by atoms with Crippen molar-refractivity contribution in [1.29, 1.82) is 0 Å². The van der Waals surface area contributed by atoms with Crippen molar-refractivity contribution in [2.45, 2.75) is 44.9 Å². The van der Waals surface area contributed by atoms with E-state index < -0.39 is 6.04 Å². The highest BCUT2D eigenvalue weighted by atomic mass is 16.5. The van der Waals surface area contributed by atoms with Crippen LogP contribution in [0.4, 0.5) is 0 Å². The average molecular weight is 544 g/mol. The minimum atomic E-state index is -0.427. The molecular weight excluding hydrogens is 510 g/mol. The molecule has 1 aromatic heterocycles. The van der Waals surface area contributed by atoms with Crippen LogP contribution < -0.4 is 10.1 Å². The van der Waals surface area contributed by atoms with Gasteiger partial charge in [0.25, 0.3) is 5.91 Å². The van der Waals surface area contributed by atoms with E-state index in [1.807, 2.05) is 37.3 Å². The third kappa shape index (κ3) is 6.63. The van der Waals surface area contributed by atoms with Gasteiger partial charge in [-0.2, -0.15) is 0 Å². The van der Waals surface area contributed by atoms with E-state index in [0.717, 1.165) is 16.8 Å². The lowest BCUT2D eigenvalue weighted by Gasteiger charge is -2.39. The number of aromatic nitrogens is 2. The van der Waals surface area contributed by atoms with Gasteiger partial charge in [-0.3, -0.25) is 24.4 Å². The Morgan fingerprint density at radius 3 is 2.85 bits per heavy atom. The molecule has 2 aliphatic heterocycles. The lowest BCUT2D eigenvalue weighted by Crippen LogP contribution is -2.58. The van der Waals surface area contributed by atoms with Gasteiger partial charge in [-0.15, -0.1) is 0 Å². The van der Waals surface area contributed by atoms with Crippen LogP contribution in [-0.2, 0) is 27.4 Å². The highest BCUT2D eigenvalue weighted by molar-refractivity contribution is 5.96. The number of hydrogen-bond acceptors (Lipinski definition) is 7. The van der Waals surface area contributed by atoms with Crippen molar-refractivity contribution in [3.8, 4) is 11.5 Å². The number of amides is 3. The maximum absolute atomic E-state index is 13.2. The quantitative estimate of drug-likeness (QED) is 0.540. The number of rotatable bonds is 3. The van der Waals surface area contributed by atoms with Crippen molar-refractivity contribution in [1.82, 2.24) is 25.1 Å². The van der Waals surface area contributed by atoms with Crippen molar-refractivity contribution in [3.05, 3.63) is 83.4 Å². The molecule has 0 radical (unpaired) electrons. The number of nitrogens with zero attached hydrogens (tertiary/aromatic N) is 4. The summed E-state index contributed by atoms with van der Waals surface area (Å²) in [6, 6.07) is 12.4. The zero-order valence-corrected chi connectivity index (χ0v) is 22.7. The first-order valence-electron chi connectivity index (χ1n) is 13.4. The van der Waals surface area contributed by atoms with Gasteiger partial charge in [0.2, 0.25) is 11.8 Å². The van der Waals surface area contributed by atoms with Gasteiger partial charge in [-0.05, 0) is 55.2 Å². The fraction of sp³-hybridized carbons (Fsp3) is 0.367. The largest absolute Gasteiger partial charge is 0.457 e. The van der Waals surface area contributed by atoms with Gasteiger partial charge in [0.1, 0.15) is 11.5 Å². The van der Waals surface area contributed by atoms with E-state index in [4.69, 9.17) is 9.47 Å². The van der Waals surface area contributed by atoms with Crippen LogP contribution in [-0.4, -0.2) is 76.3 Å². The molecule has 2 atom stereocenters. The second kappa shape index (κ2) is 12.3. The van der Waals surface area contributed by atoms with Crippen molar-refractivity contribution < 1.29 is 23.9 Å². The summed E-state index contributed by atoms with van der Waals surface area (Å²) in [6.45, 7) is 2.95. The summed E-state index contributed by atoms with van der Waals surface area (Å²) < 4.78 is 12.4. The van der Waals surface area contributed by atoms with Crippen LogP contribution in [0.1, 0.15) is 40.0 Å². The summed E-state index contributed by atoms with van der Waals surface area (Å²) in [5.41, 5.74) is 2.99. The molecule has 0 unspecified atom stereocenters. The predicted molar refractivity (Wildman–Crippen MR) is 147 cm³/mol. The first-order chi connectivity index (χ1) is 19.4. The Bertz CT molecular complexity index is 1380. The fourth-order valence-corrected chi connectivity index (χ4v) is 4.98. The number of likely N-dealkylation sites (N-methyl/N-ethyl adjacent to an activating group) is 1. The van der Waals surface area contributed by atoms with E-state index in [9.17, 15) is 14.4 Å². The molecule has 208 valence electrons. The monoisotopic (exact) mass is 543 g/mol. The number of ether oxygens (including phenoxy) is 2. The summed E-state index contributed by atoms with van der Waals surface area (Å²) in [5, 5.41) is 3.03. The molecule has 2 aliphatic rings. The minimum absolute atomic E-state index is 0.0159. The summed E-state index contributed by atoms with van der Waals surface area (Å²) >= 11 is 0. The smallest absolute Gasteiger partial charge is 0.254 e. The summed E-state index contributed by atoms with van der Waals surface area (Å²) in [4.78, 5) is 50.7. The lowest BCUT2D eigenvalue weighted by molar-refractivity contribution is -0.137. The lowest BCUT2D eigenvalue weighted by atomic mass is 10.0. The van der Waals surface area contributed by atoms with E-state index in [0.29, 0.717) is 56.0 Å². The fourth-order valence-electron chi connectivity index (χ4n) is 4.98. The zero-order valence-electron chi connectivity index (χ0n) is 22.7. The molecule has 2 aromatic carbocycles. The molecule has 1 saturated heterocycles. The number of piperidine rings is 1. The highest BCUT2D eigenvalue weighted by Gasteiger charge is 2.33. The summed E-state index contributed by atoms with van der Waals surface area (Å²) in [5.74, 6) is 0.588. The van der Waals surface area contributed by atoms with Crippen LogP contribution in [0.3, 0.4) is 0 Å². The Hall–Kier alpha value is -4.31. The molecule has 5 rings (SSSR count). The van der Waals surface area contributed by atoms with E-state index in [1.54, 1.807) is 42.7 Å². The molecule has 0 saturated carbocycles. The number of benzene rings is 2. The Kier molecular flexibility index (Phi) is 8.35. The number of aryl methyl sites for hydroxylation is 2. The maximum Gasteiger partial charge on any atom is 0.254 e. The summed E-state index contributed by atoms with van der Waals surface area (Å²) in [7, 11) is 1.59. The van der Waals surface area contributed by atoms with E-state index in [1.165, 1.54) is 4.90 Å². The molecule has 0 spiro atoms. The molecule has 3 amide bonds. The van der Waals surface area contributed by atoms with Crippen LogP contribution >= 0.6 is 0 Å². The third-order valence-electron chi connectivity index (χ3n) is 7.21. The normalized spacial score (nSPS) is 19.9. The number of hydrogen-bond donors (Lipinski definition) is 1. The highest BCUT2D eigenvalue weighted by Crippen LogP contribution is 2.28. The minimum Gasteiger partial charge on any atom is -0.457 e. The van der Waals surface area contributed by atoms with E-state index in [2.05, 4.69) is 15.3 Å². The van der Waals surface area contributed by atoms with Gasteiger partial charge < -0.3 is 24.6 Å². The molecule has 3 heterocycles. The number of fused-ring (bicyclic) bond motifs is 5. The average Bonchev–Trinajstić information content (AvgIpc) is 2.96. The Morgan fingerprint density at radius 1 is 1.15 bits per heavy atom. The molecule has 1 fully saturated rings. The molecule has 0 aliphatic carbocycles. The molecule has 4 bridgehead atoms. The zero-order chi connectivity index (χ0) is 28.1. The molecule has 1 N–H and O–H groups in total. The SMILES string of the molecule is Cc1ccc2cc1Oc1cccc(c1)CO[C@@H]1CCN(C(=O)CCc3cnccn3)C[C@@H]1NC(=O)CN(C)C2=O. The van der Waals surface area contributed by atoms with Crippen molar-refractivity contribution in [3.63, 3.8) is 0 Å². The van der Waals surface area contributed by atoms with Crippen molar-refractivity contribution in [2.75, 3.05) is 26.7 Å². The van der Waals surface area contributed by atoms with Gasteiger partial charge >= 0.3 is 0 Å². The van der Waals surface area contributed by atoms with Gasteiger partial charge in [-0.25, -0.2) is 0 Å². The van der Waals surface area contributed by atoms with Gasteiger partial charge in [-0.1, -0.05) is 18.2 Å². The number of likely N-dealkylation sites (tertiary alicyclic amines) is 1.